The van der Waals surface area contributed by atoms with Gasteiger partial charge in [-0.3, -0.25) is 4.79 Å². The van der Waals surface area contributed by atoms with Crippen molar-refractivity contribution in [1.82, 2.24) is 9.80 Å². The van der Waals surface area contributed by atoms with Crippen molar-refractivity contribution >= 4 is 15.7 Å². The van der Waals surface area contributed by atoms with Crippen LogP contribution in [0.2, 0.25) is 0 Å². The molecule has 0 saturated carbocycles. The van der Waals surface area contributed by atoms with Gasteiger partial charge in [0.25, 0.3) is 0 Å². The minimum absolute atomic E-state index is 0.112. The largest absolute Gasteiger partial charge is 0.381 e. The van der Waals surface area contributed by atoms with E-state index in [9.17, 15) is 13.2 Å². The summed E-state index contributed by atoms with van der Waals surface area (Å²) in [5.41, 5.74) is 0. The first kappa shape index (κ1) is 18.7. The van der Waals surface area contributed by atoms with Gasteiger partial charge in [-0.2, -0.15) is 0 Å². The van der Waals surface area contributed by atoms with Crippen molar-refractivity contribution in [2.75, 3.05) is 51.9 Å². The highest BCUT2D eigenvalue weighted by atomic mass is 32.2. The van der Waals surface area contributed by atoms with E-state index in [0.717, 1.165) is 39.0 Å². The number of hydrogen-bond donors (Lipinski definition) is 0. The van der Waals surface area contributed by atoms with Crippen LogP contribution in [0.1, 0.15) is 32.1 Å². The average molecular weight is 346 g/mol. The van der Waals surface area contributed by atoms with Crippen molar-refractivity contribution in [3.8, 4) is 0 Å². The van der Waals surface area contributed by atoms with Gasteiger partial charge in [-0.25, -0.2) is 8.42 Å². The van der Waals surface area contributed by atoms with E-state index in [4.69, 9.17) is 4.74 Å². The summed E-state index contributed by atoms with van der Waals surface area (Å²) in [6.45, 7) is 2.97. The molecular weight excluding hydrogens is 316 g/mol. The molecule has 2 aliphatic rings. The number of carbonyl (C=O) groups excluding carboxylic acids is 1. The zero-order chi connectivity index (χ0) is 16.9. The lowest BCUT2D eigenvalue weighted by molar-refractivity contribution is -0.133. The molecule has 1 atom stereocenters. The number of rotatable bonds is 7. The van der Waals surface area contributed by atoms with E-state index in [2.05, 4.69) is 0 Å². The van der Waals surface area contributed by atoms with E-state index in [1.165, 1.54) is 0 Å². The summed E-state index contributed by atoms with van der Waals surface area (Å²) in [6, 6.07) is -0.137. The Morgan fingerprint density at radius 3 is 2.39 bits per heavy atom. The van der Waals surface area contributed by atoms with Crippen molar-refractivity contribution in [2.24, 2.45) is 5.92 Å². The molecule has 7 heteroatoms. The zero-order valence-corrected chi connectivity index (χ0v) is 15.2. The lowest BCUT2D eigenvalue weighted by Crippen LogP contribution is -2.44. The van der Waals surface area contributed by atoms with Crippen molar-refractivity contribution in [3.63, 3.8) is 0 Å². The molecule has 0 bridgehead atoms. The molecule has 1 amide bonds. The molecule has 1 unspecified atom stereocenters. The summed E-state index contributed by atoms with van der Waals surface area (Å²) in [5.74, 6) is 1.02. The van der Waals surface area contributed by atoms with E-state index < -0.39 is 9.84 Å². The molecule has 0 N–H and O–H groups in total. The van der Waals surface area contributed by atoms with Gasteiger partial charge < -0.3 is 14.5 Å². The molecule has 2 fully saturated rings. The highest BCUT2D eigenvalue weighted by Crippen LogP contribution is 2.23. The van der Waals surface area contributed by atoms with Gasteiger partial charge in [-0.15, -0.1) is 0 Å². The molecule has 0 aromatic carbocycles. The standard InChI is InChI=1S/C16H30N2O4S/c1-17(2)8-9-18(15-7-12-23(20,21)13-15)16(19)4-3-14-5-10-22-11-6-14/h14-15H,3-13H2,1-2H3. The lowest BCUT2D eigenvalue weighted by Gasteiger charge is -2.30. The molecule has 2 aliphatic heterocycles. The van der Waals surface area contributed by atoms with E-state index in [-0.39, 0.29) is 23.5 Å². The molecule has 134 valence electrons. The maximum absolute atomic E-state index is 12.7. The fourth-order valence-electron chi connectivity index (χ4n) is 3.35. The fraction of sp³-hybridized carbons (Fsp3) is 0.938. The van der Waals surface area contributed by atoms with Gasteiger partial charge in [-0.05, 0) is 45.7 Å². The highest BCUT2D eigenvalue weighted by molar-refractivity contribution is 7.91. The van der Waals surface area contributed by atoms with Gasteiger partial charge in [-0.1, -0.05) is 0 Å². The van der Waals surface area contributed by atoms with Gasteiger partial charge in [0.15, 0.2) is 9.84 Å². The second-order valence-corrected chi connectivity index (χ2v) is 9.27. The maximum atomic E-state index is 12.7. The minimum Gasteiger partial charge on any atom is -0.381 e. The lowest BCUT2D eigenvalue weighted by atomic mass is 9.94. The van der Waals surface area contributed by atoms with Crippen molar-refractivity contribution in [3.05, 3.63) is 0 Å². The molecule has 0 aromatic heterocycles. The maximum Gasteiger partial charge on any atom is 0.222 e. The molecule has 2 heterocycles. The third-order valence-electron chi connectivity index (χ3n) is 4.86. The van der Waals surface area contributed by atoms with Crippen LogP contribution >= 0.6 is 0 Å². The van der Waals surface area contributed by atoms with Crippen LogP contribution in [0.25, 0.3) is 0 Å². The fourth-order valence-corrected chi connectivity index (χ4v) is 5.08. The predicted molar refractivity (Wildman–Crippen MR) is 90.1 cm³/mol. The summed E-state index contributed by atoms with van der Waals surface area (Å²) in [4.78, 5) is 16.5. The first-order valence-corrected chi connectivity index (χ1v) is 10.4. The number of likely N-dealkylation sites (N-methyl/N-ethyl adjacent to an activating group) is 1. The van der Waals surface area contributed by atoms with Crippen LogP contribution in [0.3, 0.4) is 0 Å². The van der Waals surface area contributed by atoms with Crippen molar-refractivity contribution in [1.29, 1.82) is 0 Å². The van der Waals surface area contributed by atoms with E-state index in [1.54, 1.807) is 0 Å². The highest BCUT2D eigenvalue weighted by Gasteiger charge is 2.34. The number of amides is 1. The van der Waals surface area contributed by atoms with Gasteiger partial charge >= 0.3 is 0 Å². The Bertz CT molecular complexity index is 486. The summed E-state index contributed by atoms with van der Waals surface area (Å²) in [5, 5.41) is 0. The van der Waals surface area contributed by atoms with Crippen LogP contribution in [-0.4, -0.2) is 82.1 Å². The predicted octanol–water partition coefficient (Wildman–Crippen LogP) is 0.771. The molecule has 0 radical (unpaired) electrons. The summed E-state index contributed by atoms with van der Waals surface area (Å²) in [7, 11) is 0.965. The SMILES string of the molecule is CN(C)CCN(C(=O)CCC1CCOCC1)C1CCS(=O)(=O)C1. The van der Waals surface area contributed by atoms with E-state index in [0.29, 0.717) is 25.3 Å². The first-order valence-electron chi connectivity index (χ1n) is 8.60. The van der Waals surface area contributed by atoms with Crippen LogP contribution in [0.4, 0.5) is 0 Å². The van der Waals surface area contributed by atoms with E-state index in [1.807, 2.05) is 23.9 Å². The summed E-state index contributed by atoms with van der Waals surface area (Å²) >= 11 is 0. The van der Waals surface area contributed by atoms with Gasteiger partial charge in [0, 0.05) is 38.8 Å². The minimum atomic E-state index is -2.97. The second kappa shape index (κ2) is 8.44. The second-order valence-electron chi connectivity index (χ2n) is 7.04. The Morgan fingerprint density at radius 2 is 1.83 bits per heavy atom. The van der Waals surface area contributed by atoms with Crippen LogP contribution in [0, 0.1) is 5.92 Å². The Labute approximate surface area is 140 Å². The summed E-state index contributed by atoms with van der Waals surface area (Å²) < 4.78 is 28.9. The summed E-state index contributed by atoms with van der Waals surface area (Å²) in [6.07, 6.45) is 4.05. The molecule has 23 heavy (non-hydrogen) atoms. The number of nitrogens with zero attached hydrogens (tertiary/aromatic N) is 2. The molecule has 0 spiro atoms. The molecular formula is C16H30N2O4S. The van der Waals surface area contributed by atoms with Crippen LogP contribution in [-0.2, 0) is 19.4 Å². The van der Waals surface area contributed by atoms with Crippen molar-refractivity contribution < 1.29 is 17.9 Å². The zero-order valence-electron chi connectivity index (χ0n) is 14.4. The molecule has 0 aliphatic carbocycles. The Hall–Kier alpha value is -0.660. The molecule has 6 nitrogen and oxygen atoms in total. The average Bonchev–Trinajstić information content (AvgIpc) is 2.86. The van der Waals surface area contributed by atoms with Gasteiger partial charge in [0.05, 0.1) is 11.5 Å². The molecule has 0 aromatic rings. The van der Waals surface area contributed by atoms with Crippen LogP contribution in [0.5, 0.6) is 0 Å². The number of hydrogen-bond acceptors (Lipinski definition) is 5. The third-order valence-corrected chi connectivity index (χ3v) is 6.62. The molecule has 2 rings (SSSR count). The molecule has 2 saturated heterocycles. The normalized spacial score (nSPS) is 24.9. The van der Waals surface area contributed by atoms with Gasteiger partial charge in [0.2, 0.25) is 5.91 Å². The smallest absolute Gasteiger partial charge is 0.222 e. The number of ether oxygens (including phenoxy) is 1. The number of sulfone groups is 1. The Balaban J connectivity index is 1.90. The van der Waals surface area contributed by atoms with Gasteiger partial charge in [0.1, 0.15) is 0 Å². The van der Waals surface area contributed by atoms with Crippen molar-refractivity contribution in [2.45, 2.75) is 38.1 Å². The van der Waals surface area contributed by atoms with Crippen LogP contribution in [0.15, 0.2) is 0 Å². The topological polar surface area (TPSA) is 66.9 Å². The quantitative estimate of drug-likeness (QED) is 0.681. The monoisotopic (exact) mass is 346 g/mol. The Kier molecular flexibility index (Phi) is 6.85. The number of carbonyl (C=O) groups is 1. The third kappa shape index (κ3) is 6.04. The van der Waals surface area contributed by atoms with E-state index >= 15 is 0 Å². The first-order chi connectivity index (χ1) is 10.9. The Morgan fingerprint density at radius 1 is 1.13 bits per heavy atom. The van der Waals surface area contributed by atoms with Crippen LogP contribution < -0.4 is 0 Å².